The Morgan fingerprint density at radius 3 is 2.50 bits per heavy atom. The summed E-state index contributed by atoms with van der Waals surface area (Å²) in [5.74, 6) is 1.13. The number of nitrogens with one attached hydrogen (secondary N) is 1. The Kier molecular flexibility index (Phi) is 6.58. The first kappa shape index (κ1) is 19.2. The number of hydrogen-bond donors (Lipinski definition) is 1. The van der Waals surface area contributed by atoms with Gasteiger partial charge in [0.25, 0.3) is 0 Å². The highest BCUT2D eigenvalue weighted by Crippen LogP contribution is 2.36. The molecule has 0 bridgehead atoms. The van der Waals surface area contributed by atoms with Crippen LogP contribution < -0.4 is 5.32 Å². The molecule has 0 aromatic heterocycles. The molecule has 1 saturated carbocycles. The second-order valence-corrected chi connectivity index (χ2v) is 8.23. The van der Waals surface area contributed by atoms with Gasteiger partial charge in [0.1, 0.15) is 0 Å². The Bertz CT molecular complexity index is 635. The van der Waals surface area contributed by atoms with Crippen LogP contribution in [0.25, 0.3) is 0 Å². The van der Waals surface area contributed by atoms with Gasteiger partial charge in [-0.05, 0) is 55.2 Å². The Morgan fingerprint density at radius 2 is 1.88 bits per heavy atom. The van der Waals surface area contributed by atoms with Crippen LogP contribution in [0.15, 0.2) is 24.3 Å². The van der Waals surface area contributed by atoms with E-state index < -0.39 is 0 Å². The van der Waals surface area contributed by atoms with E-state index in [0.717, 1.165) is 49.4 Å². The molecule has 1 aromatic carbocycles. The SMILES string of the molecule is CC(=O)N1CCC(CC(=O)NC(c2cccc(Cl)c2)C2CCCC2)CC1. The molecule has 2 fully saturated rings. The molecule has 1 atom stereocenters. The first-order chi connectivity index (χ1) is 12.5. The quantitative estimate of drug-likeness (QED) is 0.831. The lowest BCUT2D eigenvalue weighted by Crippen LogP contribution is -2.39. The van der Waals surface area contributed by atoms with Gasteiger partial charge in [-0.15, -0.1) is 0 Å². The van der Waals surface area contributed by atoms with E-state index in [0.29, 0.717) is 18.3 Å². The monoisotopic (exact) mass is 376 g/mol. The standard InChI is InChI=1S/C21H29ClN2O2/c1-15(25)24-11-9-16(10-12-24)13-20(26)23-21(17-5-2-3-6-17)18-7-4-8-19(22)14-18/h4,7-8,14,16-17,21H,2-3,5-6,9-13H2,1H3,(H,23,26). The molecule has 3 rings (SSSR count). The first-order valence-corrected chi connectivity index (χ1v) is 10.2. The van der Waals surface area contributed by atoms with E-state index in [9.17, 15) is 9.59 Å². The summed E-state index contributed by atoms with van der Waals surface area (Å²) in [4.78, 5) is 26.0. The highest BCUT2D eigenvalue weighted by Gasteiger charge is 2.29. The number of carbonyl (C=O) groups excluding carboxylic acids is 2. The average molecular weight is 377 g/mol. The fraction of sp³-hybridized carbons (Fsp3) is 0.619. The largest absolute Gasteiger partial charge is 0.349 e. The molecule has 2 amide bonds. The Balaban J connectivity index is 1.60. The highest BCUT2D eigenvalue weighted by molar-refractivity contribution is 6.30. The smallest absolute Gasteiger partial charge is 0.220 e. The molecular weight excluding hydrogens is 348 g/mol. The molecule has 26 heavy (non-hydrogen) atoms. The van der Waals surface area contributed by atoms with Crippen LogP contribution in [0, 0.1) is 11.8 Å². The second kappa shape index (κ2) is 8.90. The molecule has 0 radical (unpaired) electrons. The zero-order chi connectivity index (χ0) is 18.5. The lowest BCUT2D eigenvalue weighted by molar-refractivity contribution is -0.130. The van der Waals surface area contributed by atoms with Crippen LogP contribution in [-0.4, -0.2) is 29.8 Å². The minimum Gasteiger partial charge on any atom is -0.349 e. The number of rotatable bonds is 5. The molecule has 142 valence electrons. The number of amides is 2. The summed E-state index contributed by atoms with van der Waals surface area (Å²) in [6, 6.07) is 7.95. The maximum atomic E-state index is 12.7. The van der Waals surface area contributed by atoms with Crippen LogP contribution >= 0.6 is 11.6 Å². The van der Waals surface area contributed by atoms with Crippen LogP contribution in [0.2, 0.25) is 5.02 Å². The number of piperidine rings is 1. The van der Waals surface area contributed by atoms with Crippen LogP contribution in [0.3, 0.4) is 0 Å². The molecule has 1 saturated heterocycles. The molecular formula is C21H29ClN2O2. The molecule has 1 unspecified atom stereocenters. The topological polar surface area (TPSA) is 49.4 Å². The molecule has 1 heterocycles. The van der Waals surface area contributed by atoms with E-state index in [1.807, 2.05) is 23.1 Å². The molecule has 1 aromatic rings. The van der Waals surface area contributed by atoms with Crippen molar-refractivity contribution in [3.05, 3.63) is 34.9 Å². The van der Waals surface area contributed by atoms with Crippen LogP contribution in [0.5, 0.6) is 0 Å². The normalized spacial score (nSPS) is 20.2. The predicted molar refractivity (Wildman–Crippen MR) is 104 cm³/mol. The van der Waals surface area contributed by atoms with E-state index in [1.165, 1.54) is 12.8 Å². The first-order valence-electron chi connectivity index (χ1n) is 9.83. The summed E-state index contributed by atoms with van der Waals surface area (Å²) in [6.07, 6.45) is 7.18. The number of carbonyl (C=O) groups is 2. The van der Waals surface area contributed by atoms with Crippen molar-refractivity contribution in [2.24, 2.45) is 11.8 Å². The number of halogens is 1. The summed E-state index contributed by atoms with van der Waals surface area (Å²) in [7, 11) is 0. The zero-order valence-corrected chi connectivity index (χ0v) is 16.3. The van der Waals surface area contributed by atoms with Crippen molar-refractivity contribution in [3.8, 4) is 0 Å². The van der Waals surface area contributed by atoms with Crippen LogP contribution in [0.1, 0.15) is 63.5 Å². The lowest BCUT2D eigenvalue weighted by Gasteiger charge is -2.32. The fourth-order valence-electron chi connectivity index (χ4n) is 4.41. The highest BCUT2D eigenvalue weighted by atomic mass is 35.5. The Hall–Kier alpha value is -1.55. The van der Waals surface area contributed by atoms with Gasteiger partial charge in [-0.1, -0.05) is 36.6 Å². The Labute approximate surface area is 161 Å². The van der Waals surface area contributed by atoms with Gasteiger partial charge < -0.3 is 10.2 Å². The van der Waals surface area contributed by atoms with Crippen molar-refractivity contribution in [2.75, 3.05) is 13.1 Å². The van der Waals surface area contributed by atoms with Crippen molar-refractivity contribution >= 4 is 23.4 Å². The number of nitrogens with zero attached hydrogens (tertiary/aromatic N) is 1. The van der Waals surface area contributed by atoms with Crippen LogP contribution in [-0.2, 0) is 9.59 Å². The number of likely N-dealkylation sites (tertiary alicyclic amines) is 1. The predicted octanol–water partition coefficient (Wildman–Crippen LogP) is 4.34. The second-order valence-electron chi connectivity index (χ2n) is 7.80. The molecule has 5 heteroatoms. The van der Waals surface area contributed by atoms with Gasteiger partial charge in [0.05, 0.1) is 6.04 Å². The van der Waals surface area contributed by atoms with Crippen molar-refractivity contribution in [2.45, 2.75) is 57.9 Å². The number of hydrogen-bond acceptors (Lipinski definition) is 2. The zero-order valence-electron chi connectivity index (χ0n) is 15.5. The average Bonchev–Trinajstić information content (AvgIpc) is 3.14. The van der Waals surface area contributed by atoms with E-state index >= 15 is 0 Å². The summed E-state index contributed by atoms with van der Waals surface area (Å²) in [6.45, 7) is 3.16. The third kappa shape index (κ3) is 5.00. The van der Waals surface area contributed by atoms with Gasteiger partial charge in [0.2, 0.25) is 11.8 Å². The van der Waals surface area contributed by atoms with Crippen LogP contribution in [0.4, 0.5) is 0 Å². The summed E-state index contributed by atoms with van der Waals surface area (Å²) < 4.78 is 0. The molecule has 1 aliphatic heterocycles. The van der Waals surface area contributed by atoms with E-state index in [2.05, 4.69) is 11.4 Å². The number of benzene rings is 1. The van der Waals surface area contributed by atoms with Gasteiger partial charge >= 0.3 is 0 Å². The maximum Gasteiger partial charge on any atom is 0.220 e. The minimum absolute atomic E-state index is 0.0565. The van der Waals surface area contributed by atoms with Crippen molar-refractivity contribution < 1.29 is 9.59 Å². The molecule has 4 nitrogen and oxygen atoms in total. The molecule has 1 N–H and O–H groups in total. The van der Waals surface area contributed by atoms with Crippen molar-refractivity contribution in [1.82, 2.24) is 10.2 Å². The van der Waals surface area contributed by atoms with Crippen molar-refractivity contribution in [1.29, 1.82) is 0 Å². The molecule has 0 spiro atoms. The maximum absolute atomic E-state index is 12.7. The minimum atomic E-state index is 0.0565. The van der Waals surface area contributed by atoms with Gasteiger partial charge in [-0.3, -0.25) is 9.59 Å². The lowest BCUT2D eigenvalue weighted by atomic mass is 9.90. The van der Waals surface area contributed by atoms with E-state index in [4.69, 9.17) is 11.6 Å². The van der Waals surface area contributed by atoms with Gasteiger partial charge in [-0.2, -0.15) is 0 Å². The molecule has 1 aliphatic carbocycles. The summed E-state index contributed by atoms with van der Waals surface area (Å²) in [5, 5.41) is 4.02. The van der Waals surface area contributed by atoms with Gasteiger partial charge in [0.15, 0.2) is 0 Å². The summed E-state index contributed by atoms with van der Waals surface area (Å²) >= 11 is 6.18. The third-order valence-electron chi connectivity index (χ3n) is 5.93. The van der Waals surface area contributed by atoms with Crippen molar-refractivity contribution in [3.63, 3.8) is 0 Å². The van der Waals surface area contributed by atoms with E-state index in [-0.39, 0.29) is 17.9 Å². The summed E-state index contributed by atoms with van der Waals surface area (Å²) in [5.41, 5.74) is 1.11. The van der Waals surface area contributed by atoms with Gasteiger partial charge in [-0.25, -0.2) is 0 Å². The Morgan fingerprint density at radius 1 is 1.19 bits per heavy atom. The third-order valence-corrected chi connectivity index (χ3v) is 6.16. The fourth-order valence-corrected chi connectivity index (χ4v) is 4.61. The van der Waals surface area contributed by atoms with Gasteiger partial charge in [0, 0.05) is 31.5 Å². The molecule has 2 aliphatic rings. The van der Waals surface area contributed by atoms with E-state index in [1.54, 1.807) is 6.92 Å².